The first-order chi connectivity index (χ1) is 14.5. The highest BCUT2D eigenvalue weighted by molar-refractivity contribution is 5.94. The van der Waals surface area contributed by atoms with Gasteiger partial charge in [0.2, 0.25) is 0 Å². The quantitative estimate of drug-likeness (QED) is 0.663. The van der Waals surface area contributed by atoms with Crippen molar-refractivity contribution in [1.82, 2.24) is 15.1 Å². The minimum atomic E-state index is 0.00462. The minimum Gasteiger partial charge on any atom is -0.349 e. The molecule has 1 saturated carbocycles. The Balaban J connectivity index is 1.56. The first-order valence-electron chi connectivity index (χ1n) is 10.5. The SMILES string of the molecule is CCc1cc(-c2c(C)nn(Cc3ccc(C(=O)NC4CC4)cc3)c2C)ccc1C#N. The number of hydrogen-bond donors (Lipinski definition) is 1. The molecule has 0 spiro atoms. The van der Waals surface area contributed by atoms with E-state index in [1.165, 1.54) is 0 Å². The molecule has 0 radical (unpaired) electrons. The summed E-state index contributed by atoms with van der Waals surface area (Å²) >= 11 is 0. The average molecular weight is 399 g/mol. The molecule has 1 aliphatic rings. The van der Waals surface area contributed by atoms with Crippen molar-refractivity contribution in [2.75, 3.05) is 0 Å². The van der Waals surface area contributed by atoms with E-state index in [1.807, 2.05) is 48.0 Å². The van der Waals surface area contributed by atoms with E-state index in [9.17, 15) is 10.1 Å². The van der Waals surface area contributed by atoms with Gasteiger partial charge in [-0.1, -0.05) is 25.1 Å². The number of carbonyl (C=O) groups excluding carboxylic acids is 1. The van der Waals surface area contributed by atoms with Crippen LogP contribution in [0.3, 0.4) is 0 Å². The smallest absolute Gasteiger partial charge is 0.251 e. The second-order valence-corrected chi connectivity index (χ2v) is 7.99. The lowest BCUT2D eigenvalue weighted by atomic mass is 9.97. The van der Waals surface area contributed by atoms with Crippen LogP contribution < -0.4 is 5.32 Å². The number of nitrogens with one attached hydrogen (secondary N) is 1. The summed E-state index contributed by atoms with van der Waals surface area (Å²) in [6.45, 7) is 6.82. The summed E-state index contributed by atoms with van der Waals surface area (Å²) in [5.41, 5.74) is 7.87. The molecular formula is C25H26N4O. The molecule has 5 heteroatoms. The molecule has 0 aliphatic heterocycles. The first kappa shape index (κ1) is 19.9. The molecule has 0 unspecified atom stereocenters. The number of aryl methyl sites for hydroxylation is 2. The molecule has 4 rings (SSSR count). The molecule has 0 bridgehead atoms. The molecule has 2 aromatic carbocycles. The number of rotatable bonds is 6. The predicted octanol–water partition coefficient (Wildman–Crippen LogP) is 4.54. The number of aromatic nitrogens is 2. The van der Waals surface area contributed by atoms with E-state index in [0.29, 0.717) is 18.2 Å². The third kappa shape index (κ3) is 3.99. The maximum Gasteiger partial charge on any atom is 0.251 e. The van der Waals surface area contributed by atoms with Crippen LogP contribution in [0.25, 0.3) is 11.1 Å². The Labute approximate surface area is 177 Å². The topological polar surface area (TPSA) is 70.7 Å². The molecule has 1 N–H and O–H groups in total. The molecule has 30 heavy (non-hydrogen) atoms. The Kier molecular flexibility index (Phi) is 5.41. The Bertz CT molecular complexity index is 1130. The van der Waals surface area contributed by atoms with E-state index in [2.05, 4.69) is 31.3 Å². The van der Waals surface area contributed by atoms with Crippen molar-refractivity contribution in [2.45, 2.75) is 52.6 Å². The van der Waals surface area contributed by atoms with Gasteiger partial charge in [0.25, 0.3) is 5.91 Å². The van der Waals surface area contributed by atoms with E-state index in [0.717, 1.165) is 58.5 Å². The van der Waals surface area contributed by atoms with Crippen LogP contribution in [0.1, 0.15) is 58.2 Å². The van der Waals surface area contributed by atoms with Crippen LogP contribution in [-0.2, 0) is 13.0 Å². The van der Waals surface area contributed by atoms with Crippen LogP contribution in [0.5, 0.6) is 0 Å². The molecule has 1 aliphatic carbocycles. The lowest BCUT2D eigenvalue weighted by Crippen LogP contribution is -2.25. The van der Waals surface area contributed by atoms with Gasteiger partial charge in [-0.2, -0.15) is 10.4 Å². The summed E-state index contributed by atoms with van der Waals surface area (Å²) < 4.78 is 2.01. The molecule has 1 aromatic heterocycles. The zero-order valence-electron chi connectivity index (χ0n) is 17.7. The van der Waals surface area contributed by atoms with Gasteiger partial charge in [-0.15, -0.1) is 0 Å². The Morgan fingerprint density at radius 3 is 2.57 bits per heavy atom. The molecule has 0 atom stereocenters. The second-order valence-electron chi connectivity index (χ2n) is 7.99. The maximum atomic E-state index is 12.2. The highest BCUT2D eigenvalue weighted by Gasteiger charge is 2.23. The van der Waals surface area contributed by atoms with Crippen LogP contribution in [-0.4, -0.2) is 21.7 Å². The Morgan fingerprint density at radius 1 is 1.20 bits per heavy atom. The number of hydrogen-bond acceptors (Lipinski definition) is 3. The molecule has 5 nitrogen and oxygen atoms in total. The first-order valence-corrected chi connectivity index (χ1v) is 10.5. The monoisotopic (exact) mass is 398 g/mol. The molecule has 0 saturated heterocycles. The number of carbonyl (C=O) groups is 1. The maximum absolute atomic E-state index is 12.2. The van der Waals surface area contributed by atoms with Crippen LogP contribution in [0.15, 0.2) is 42.5 Å². The van der Waals surface area contributed by atoms with Crippen molar-refractivity contribution in [3.63, 3.8) is 0 Å². The molecular weight excluding hydrogens is 372 g/mol. The van der Waals surface area contributed by atoms with Gasteiger partial charge in [0.05, 0.1) is 23.9 Å². The summed E-state index contributed by atoms with van der Waals surface area (Å²) in [6, 6.07) is 16.4. The van der Waals surface area contributed by atoms with Gasteiger partial charge in [0.15, 0.2) is 0 Å². The third-order valence-corrected chi connectivity index (χ3v) is 5.74. The minimum absolute atomic E-state index is 0.00462. The molecule has 1 heterocycles. The Morgan fingerprint density at radius 2 is 1.93 bits per heavy atom. The van der Waals surface area contributed by atoms with Crippen LogP contribution in [0.4, 0.5) is 0 Å². The average Bonchev–Trinajstić information content (AvgIpc) is 3.52. The normalized spacial score (nSPS) is 13.1. The van der Waals surface area contributed by atoms with Gasteiger partial charge in [0.1, 0.15) is 0 Å². The van der Waals surface area contributed by atoms with E-state index in [-0.39, 0.29) is 5.91 Å². The summed E-state index contributed by atoms with van der Waals surface area (Å²) in [5, 5.41) is 17.1. The third-order valence-electron chi connectivity index (χ3n) is 5.74. The van der Waals surface area contributed by atoms with E-state index in [4.69, 9.17) is 5.10 Å². The summed E-state index contributed by atoms with van der Waals surface area (Å²) in [6.07, 6.45) is 3.00. The summed E-state index contributed by atoms with van der Waals surface area (Å²) in [7, 11) is 0. The Hall–Kier alpha value is -3.39. The summed E-state index contributed by atoms with van der Waals surface area (Å²) in [4.78, 5) is 12.2. The fraction of sp³-hybridized carbons (Fsp3) is 0.320. The zero-order valence-corrected chi connectivity index (χ0v) is 17.7. The van der Waals surface area contributed by atoms with Gasteiger partial charge in [-0.05, 0) is 74.1 Å². The molecule has 1 amide bonds. The largest absolute Gasteiger partial charge is 0.349 e. The van der Waals surface area contributed by atoms with Gasteiger partial charge in [-0.25, -0.2) is 0 Å². The predicted molar refractivity (Wildman–Crippen MR) is 117 cm³/mol. The van der Waals surface area contributed by atoms with Crippen molar-refractivity contribution < 1.29 is 4.79 Å². The van der Waals surface area contributed by atoms with Crippen LogP contribution >= 0.6 is 0 Å². The van der Waals surface area contributed by atoms with Crippen molar-refractivity contribution in [2.24, 2.45) is 0 Å². The standard InChI is InChI=1S/C25H26N4O/c1-4-19-13-21(9-10-22(19)14-26)24-16(2)28-29(17(24)3)15-18-5-7-20(8-6-18)25(30)27-23-11-12-23/h5-10,13,23H,4,11-12,15H2,1-3H3,(H,27,30). The van der Waals surface area contributed by atoms with Crippen molar-refractivity contribution in [3.8, 4) is 17.2 Å². The zero-order chi connectivity index (χ0) is 21.3. The highest BCUT2D eigenvalue weighted by atomic mass is 16.1. The lowest BCUT2D eigenvalue weighted by molar-refractivity contribution is 0.0951. The van der Waals surface area contributed by atoms with Gasteiger partial charge in [-0.3, -0.25) is 9.48 Å². The molecule has 1 fully saturated rings. The second kappa shape index (κ2) is 8.16. The highest BCUT2D eigenvalue weighted by Crippen LogP contribution is 2.29. The van der Waals surface area contributed by atoms with Crippen molar-refractivity contribution >= 4 is 5.91 Å². The van der Waals surface area contributed by atoms with Gasteiger partial charge in [0, 0.05) is 22.9 Å². The van der Waals surface area contributed by atoms with E-state index in [1.54, 1.807) is 0 Å². The number of amides is 1. The fourth-order valence-electron chi connectivity index (χ4n) is 3.85. The fourth-order valence-corrected chi connectivity index (χ4v) is 3.85. The van der Waals surface area contributed by atoms with Crippen molar-refractivity contribution in [1.29, 1.82) is 5.26 Å². The summed E-state index contributed by atoms with van der Waals surface area (Å²) in [5.74, 6) is 0.00462. The van der Waals surface area contributed by atoms with E-state index < -0.39 is 0 Å². The van der Waals surface area contributed by atoms with Crippen molar-refractivity contribution in [3.05, 3.63) is 76.1 Å². The number of nitriles is 1. The molecule has 3 aromatic rings. The number of benzene rings is 2. The van der Waals surface area contributed by atoms with Crippen LogP contribution in [0, 0.1) is 25.2 Å². The van der Waals surface area contributed by atoms with Crippen LogP contribution in [0.2, 0.25) is 0 Å². The van der Waals surface area contributed by atoms with Gasteiger partial charge < -0.3 is 5.32 Å². The number of nitrogens with zero attached hydrogens (tertiary/aromatic N) is 3. The van der Waals surface area contributed by atoms with E-state index >= 15 is 0 Å². The lowest BCUT2D eigenvalue weighted by Gasteiger charge is -2.09. The van der Waals surface area contributed by atoms with Gasteiger partial charge >= 0.3 is 0 Å². The molecule has 152 valence electrons.